The van der Waals surface area contributed by atoms with Crippen LogP contribution in [0.15, 0.2) is 4.52 Å². The summed E-state index contributed by atoms with van der Waals surface area (Å²) in [6, 6.07) is 0. The molecule has 0 spiro atoms. The summed E-state index contributed by atoms with van der Waals surface area (Å²) in [5.41, 5.74) is 0.135. The first kappa shape index (κ1) is 11.9. The Kier molecular flexibility index (Phi) is 3.53. The summed E-state index contributed by atoms with van der Waals surface area (Å²) in [6.45, 7) is 4.23. The van der Waals surface area contributed by atoms with E-state index in [0.29, 0.717) is 5.82 Å². The van der Waals surface area contributed by atoms with Gasteiger partial charge in [-0.2, -0.15) is 4.98 Å². The first-order valence-corrected chi connectivity index (χ1v) is 6.63. The van der Waals surface area contributed by atoms with Gasteiger partial charge in [-0.15, -0.1) is 11.6 Å². The number of alkyl halides is 1. The Hall–Kier alpha value is -0.570. The van der Waals surface area contributed by atoms with Gasteiger partial charge < -0.3 is 4.52 Å². The highest BCUT2D eigenvalue weighted by Gasteiger charge is 2.39. The van der Waals surface area contributed by atoms with E-state index in [4.69, 9.17) is 16.1 Å². The van der Waals surface area contributed by atoms with Gasteiger partial charge in [0.1, 0.15) is 0 Å². The fourth-order valence-corrected chi connectivity index (χ4v) is 2.62. The second-order valence-electron chi connectivity index (χ2n) is 4.67. The molecule has 2 rings (SSSR count). The molecule has 0 N–H and O–H groups in total. The maximum absolute atomic E-state index is 6.11. The smallest absolute Gasteiger partial charge is 0.232 e. The topological polar surface area (TPSA) is 38.9 Å². The van der Waals surface area contributed by atoms with Gasteiger partial charge in [0, 0.05) is 5.41 Å². The number of aromatic nitrogens is 2. The Morgan fingerprint density at radius 3 is 2.62 bits per heavy atom. The van der Waals surface area contributed by atoms with Gasteiger partial charge >= 0.3 is 0 Å². The summed E-state index contributed by atoms with van der Waals surface area (Å²) in [5.74, 6) is 1.46. The van der Waals surface area contributed by atoms with Crippen molar-refractivity contribution in [2.75, 3.05) is 0 Å². The molecule has 0 amide bonds. The molecule has 0 saturated heterocycles. The number of rotatable bonds is 4. The zero-order chi connectivity index (χ0) is 11.6. The van der Waals surface area contributed by atoms with Crippen LogP contribution >= 0.6 is 11.6 Å². The zero-order valence-corrected chi connectivity index (χ0v) is 10.8. The average molecular weight is 243 g/mol. The van der Waals surface area contributed by atoms with Crippen molar-refractivity contribution in [1.29, 1.82) is 0 Å². The van der Waals surface area contributed by atoms with Gasteiger partial charge in [-0.1, -0.05) is 31.8 Å². The lowest BCUT2D eigenvalue weighted by molar-refractivity contribution is 0.271. The van der Waals surface area contributed by atoms with E-state index in [1.165, 1.54) is 25.7 Å². The van der Waals surface area contributed by atoms with Crippen LogP contribution in [0.2, 0.25) is 0 Å². The van der Waals surface area contributed by atoms with Crippen molar-refractivity contribution in [2.45, 2.75) is 63.2 Å². The van der Waals surface area contributed by atoms with E-state index in [2.05, 4.69) is 17.1 Å². The molecule has 1 saturated carbocycles. The molecule has 1 unspecified atom stereocenters. The van der Waals surface area contributed by atoms with Gasteiger partial charge in [0.15, 0.2) is 5.82 Å². The van der Waals surface area contributed by atoms with E-state index >= 15 is 0 Å². The van der Waals surface area contributed by atoms with Crippen molar-refractivity contribution >= 4 is 11.6 Å². The Morgan fingerprint density at radius 2 is 2.06 bits per heavy atom. The van der Waals surface area contributed by atoms with E-state index in [-0.39, 0.29) is 10.8 Å². The Morgan fingerprint density at radius 1 is 1.38 bits per heavy atom. The third kappa shape index (κ3) is 1.97. The largest absolute Gasteiger partial charge is 0.339 e. The maximum Gasteiger partial charge on any atom is 0.232 e. The van der Waals surface area contributed by atoms with Gasteiger partial charge in [-0.3, -0.25) is 0 Å². The molecular weight excluding hydrogens is 224 g/mol. The molecule has 4 heteroatoms. The first-order valence-electron chi connectivity index (χ1n) is 6.20. The van der Waals surface area contributed by atoms with Crippen molar-refractivity contribution in [3.63, 3.8) is 0 Å². The fraction of sp³-hybridized carbons (Fsp3) is 0.833. The minimum Gasteiger partial charge on any atom is -0.339 e. The van der Waals surface area contributed by atoms with Gasteiger partial charge in [-0.25, -0.2) is 0 Å². The third-order valence-electron chi connectivity index (χ3n) is 3.77. The van der Waals surface area contributed by atoms with Gasteiger partial charge in [0.2, 0.25) is 5.89 Å². The minimum atomic E-state index is -0.118. The lowest BCUT2D eigenvalue weighted by Gasteiger charge is -2.21. The Balaban J connectivity index is 2.23. The van der Waals surface area contributed by atoms with Crippen LogP contribution < -0.4 is 0 Å². The molecule has 1 atom stereocenters. The summed E-state index contributed by atoms with van der Waals surface area (Å²) in [5, 5.41) is 3.89. The number of hydrogen-bond acceptors (Lipinski definition) is 3. The molecule has 90 valence electrons. The average Bonchev–Trinajstić information content (AvgIpc) is 2.96. The minimum absolute atomic E-state index is 0.118. The SMILES string of the molecule is CCC(Cl)c1noc(C2(CC)CCCC2)n1. The fourth-order valence-electron chi connectivity index (χ4n) is 2.53. The third-order valence-corrected chi connectivity index (χ3v) is 4.28. The van der Waals surface area contributed by atoms with Crippen LogP contribution in [0.3, 0.4) is 0 Å². The summed E-state index contributed by atoms with van der Waals surface area (Å²) < 4.78 is 5.42. The molecule has 16 heavy (non-hydrogen) atoms. The molecule has 0 bridgehead atoms. The lowest BCUT2D eigenvalue weighted by Crippen LogP contribution is -2.21. The standard InChI is InChI=1S/C12H19ClN2O/c1-3-9(13)10-14-11(16-15-10)12(4-2)7-5-6-8-12/h9H,3-8H2,1-2H3. The van der Waals surface area contributed by atoms with Crippen LogP contribution in [0.25, 0.3) is 0 Å². The summed E-state index contributed by atoms with van der Waals surface area (Å²) in [7, 11) is 0. The van der Waals surface area contributed by atoms with Crippen LogP contribution in [0.1, 0.15) is 69.5 Å². The number of nitrogens with zero attached hydrogens (tertiary/aromatic N) is 2. The molecular formula is C12H19ClN2O. The molecule has 0 aromatic carbocycles. The predicted molar refractivity (Wildman–Crippen MR) is 63.6 cm³/mol. The summed E-state index contributed by atoms with van der Waals surface area (Å²) in [4.78, 5) is 4.50. The quantitative estimate of drug-likeness (QED) is 0.750. The van der Waals surface area contributed by atoms with Crippen molar-refractivity contribution in [3.8, 4) is 0 Å². The van der Waals surface area contributed by atoms with E-state index in [9.17, 15) is 0 Å². The monoisotopic (exact) mass is 242 g/mol. The summed E-state index contributed by atoms with van der Waals surface area (Å²) >= 11 is 6.11. The van der Waals surface area contributed by atoms with Crippen molar-refractivity contribution in [3.05, 3.63) is 11.7 Å². The van der Waals surface area contributed by atoms with Crippen LogP contribution in [0.4, 0.5) is 0 Å². The summed E-state index contributed by atoms with van der Waals surface area (Å²) in [6.07, 6.45) is 6.79. The van der Waals surface area contributed by atoms with Crippen LogP contribution in [-0.2, 0) is 5.41 Å². The number of halogens is 1. The Bertz CT molecular complexity index is 345. The first-order chi connectivity index (χ1) is 7.72. The van der Waals surface area contributed by atoms with Crippen molar-refractivity contribution < 1.29 is 4.52 Å². The molecule has 1 aliphatic rings. The van der Waals surface area contributed by atoms with Crippen LogP contribution in [-0.4, -0.2) is 10.1 Å². The second kappa shape index (κ2) is 4.74. The molecule has 0 aliphatic heterocycles. The number of hydrogen-bond donors (Lipinski definition) is 0. The van der Waals surface area contributed by atoms with Crippen LogP contribution in [0.5, 0.6) is 0 Å². The zero-order valence-electron chi connectivity index (χ0n) is 10.0. The van der Waals surface area contributed by atoms with E-state index in [1.807, 2.05) is 6.92 Å². The van der Waals surface area contributed by atoms with E-state index in [1.54, 1.807) is 0 Å². The molecule has 1 aliphatic carbocycles. The molecule has 1 aromatic heterocycles. The second-order valence-corrected chi connectivity index (χ2v) is 5.20. The van der Waals surface area contributed by atoms with E-state index in [0.717, 1.165) is 18.7 Å². The van der Waals surface area contributed by atoms with E-state index < -0.39 is 0 Å². The normalized spacial score (nSPS) is 21.2. The predicted octanol–water partition coefficient (Wildman–Crippen LogP) is 3.98. The van der Waals surface area contributed by atoms with Crippen LogP contribution in [0, 0.1) is 0 Å². The maximum atomic E-state index is 6.11. The van der Waals surface area contributed by atoms with Gasteiger partial charge in [-0.05, 0) is 25.7 Å². The van der Waals surface area contributed by atoms with Crippen molar-refractivity contribution in [1.82, 2.24) is 10.1 Å². The Labute approximate surface area is 102 Å². The van der Waals surface area contributed by atoms with Gasteiger partial charge in [0.05, 0.1) is 5.38 Å². The highest BCUT2D eigenvalue weighted by Crippen LogP contribution is 2.43. The highest BCUT2D eigenvalue weighted by molar-refractivity contribution is 6.20. The molecule has 1 fully saturated rings. The molecule has 1 aromatic rings. The van der Waals surface area contributed by atoms with Crippen molar-refractivity contribution in [2.24, 2.45) is 0 Å². The van der Waals surface area contributed by atoms with Gasteiger partial charge in [0.25, 0.3) is 0 Å². The molecule has 3 nitrogen and oxygen atoms in total. The molecule has 1 heterocycles. The highest BCUT2D eigenvalue weighted by atomic mass is 35.5. The molecule has 0 radical (unpaired) electrons. The lowest BCUT2D eigenvalue weighted by atomic mass is 9.83.